The summed E-state index contributed by atoms with van der Waals surface area (Å²) in [6.07, 6.45) is 11.6. The van der Waals surface area contributed by atoms with Crippen LogP contribution in [0.15, 0.2) is 9.98 Å². The second-order valence-electron chi connectivity index (χ2n) is 6.40. The number of hydrogen-bond acceptors (Lipinski definition) is 4. The molecule has 0 heterocycles. The van der Waals surface area contributed by atoms with Gasteiger partial charge in [0.2, 0.25) is 0 Å². The minimum Gasteiger partial charge on any atom is -0.862 e. The number of carboxylic acid groups (broad SMARTS) is 1. The Bertz CT molecular complexity index is 413. The van der Waals surface area contributed by atoms with Crippen molar-refractivity contribution in [1.29, 1.82) is 0 Å². The van der Waals surface area contributed by atoms with Crippen molar-refractivity contribution < 1.29 is 44.6 Å². The summed E-state index contributed by atoms with van der Waals surface area (Å²) in [6.45, 7) is 2.55. The van der Waals surface area contributed by atoms with Crippen LogP contribution in [0.3, 0.4) is 0 Å². The molecular formula is C18H35N4NaO3. The van der Waals surface area contributed by atoms with Crippen LogP contribution in [-0.2, 0) is 4.79 Å². The average Bonchev–Trinajstić information content (AvgIpc) is 2.55. The van der Waals surface area contributed by atoms with Crippen molar-refractivity contribution in [1.82, 2.24) is 0 Å². The molecule has 0 fully saturated rings. The minimum absolute atomic E-state index is 0. The van der Waals surface area contributed by atoms with Gasteiger partial charge in [0.25, 0.3) is 0 Å². The zero-order valence-corrected chi connectivity index (χ0v) is 18.6. The standard InChI is InChI=1S/C18H36N4O3.Na/c1-2-3-4-5-6-7-8-9-10-13-16(23)22-15(17(24)25)12-11-14-21-18(19)20;/h15H,2-14H2,1H3,(H,22,23)(H,24,25)(H4,19,20,21);/q;+1/p-1/t15-;/m0./s1. The fourth-order valence-electron chi connectivity index (χ4n) is 2.56. The topological polar surface area (TPSA) is 137 Å². The first-order chi connectivity index (χ1) is 12.0. The van der Waals surface area contributed by atoms with Crippen LogP contribution in [0, 0.1) is 0 Å². The maximum absolute atomic E-state index is 11.8. The normalized spacial score (nSPS) is 12.3. The van der Waals surface area contributed by atoms with E-state index >= 15 is 0 Å². The van der Waals surface area contributed by atoms with Crippen molar-refractivity contribution in [2.24, 2.45) is 21.5 Å². The molecule has 0 aromatic carbocycles. The van der Waals surface area contributed by atoms with Crippen LogP contribution in [0.4, 0.5) is 0 Å². The quantitative estimate of drug-likeness (QED) is 0.139. The third-order valence-corrected chi connectivity index (χ3v) is 4.01. The Balaban J connectivity index is 0. The van der Waals surface area contributed by atoms with Gasteiger partial charge in [0.05, 0.1) is 0 Å². The summed E-state index contributed by atoms with van der Waals surface area (Å²) in [4.78, 5) is 18.8. The number of unbranched alkanes of at least 4 members (excludes halogenated alkanes) is 8. The molecule has 0 aliphatic carbocycles. The Morgan fingerprint density at radius 2 is 1.54 bits per heavy atom. The molecule has 0 saturated carbocycles. The molecule has 0 unspecified atom stereocenters. The maximum Gasteiger partial charge on any atom is 1.00 e. The summed E-state index contributed by atoms with van der Waals surface area (Å²) < 4.78 is 0. The third-order valence-electron chi connectivity index (χ3n) is 4.01. The number of carbonyl (C=O) groups is 1. The van der Waals surface area contributed by atoms with Crippen molar-refractivity contribution in [2.45, 2.75) is 90.0 Å². The van der Waals surface area contributed by atoms with Gasteiger partial charge in [-0.05, 0) is 31.6 Å². The van der Waals surface area contributed by atoms with E-state index in [1.165, 1.54) is 38.5 Å². The molecule has 0 spiro atoms. The first-order valence-corrected chi connectivity index (χ1v) is 9.49. The van der Waals surface area contributed by atoms with E-state index in [0.29, 0.717) is 19.4 Å². The minimum atomic E-state index is -1.08. The Morgan fingerprint density at radius 3 is 2.04 bits per heavy atom. The molecule has 0 aromatic heterocycles. The van der Waals surface area contributed by atoms with E-state index in [0.717, 1.165) is 19.3 Å². The number of carboxylic acids is 1. The van der Waals surface area contributed by atoms with E-state index in [1.54, 1.807) is 0 Å². The van der Waals surface area contributed by atoms with Gasteiger partial charge in [-0.1, -0.05) is 58.3 Å². The number of aliphatic imine (C=N–C) groups is 2. The predicted molar refractivity (Wildman–Crippen MR) is 101 cm³/mol. The SMILES string of the molecule is CCCCCCCCCCCC([O-])=N[C@@H](CCCN=C(N)N)C(=O)O.[Na+]. The number of guanidine groups is 1. The fraction of sp³-hybridized carbons (Fsp3) is 0.833. The molecular weight excluding hydrogens is 343 g/mol. The van der Waals surface area contributed by atoms with Crippen molar-refractivity contribution in [3.8, 4) is 0 Å². The molecule has 0 rings (SSSR count). The molecule has 146 valence electrons. The maximum atomic E-state index is 11.8. The van der Waals surface area contributed by atoms with E-state index in [-0.39, 0.29) is 47.8 Å². The molecule has 0 bridgehead atoms. The van der Waals surface area contributed by atoms with E-state index in [4.69, 9.17) is 16.6 Å². The number of nitrogens with zero attached hydrogens (tertiary/aromatic N) is 2. The van der Waals surface area contributed by atoms with Gasteiger partial charge < -0.3 is 21.7 Å². The Labute approximate surface area is 180 Å². The van der Waals surface area contributed by atoms with Gasteiger partial charge in [-0.25, -0.2) is 4.79 Å². The summed E-state index contributed by atoms with van der Waals surface area (Å²) in [6, 6.07) is -1.000. The van der Waals surface area contributed by atoms with Crippen LogP contribution in [0.2, 0.25) is 0 Å². The zero-order valence-electron chi connectivity index (χ0n) is 16.6. The molecule has 7 nitrogen and oxygen atoms in total. The monoisotopic (exact) mass is 378 g/mol. The molecule has 0 radical (unpaired) electrons. The molecule has 0 saturated heterocycles. The van der Waals surface area contributed by atoms with Crippen LogP contribution < -0.4 is 46.1 Å². The second-order valence-corrected chi connectivity index (χ2v) is 6.40. The van der Waals surface area contributed by atoms with Crippen LogP contribution in [0.5, 0.6) is 0 Å². The largest absolute Gasteiger partial charge is 1.00 e. The summed E-state index contributed by atoms with van der Waals surface area (Å²) in [5.41, 5.74) is 10.4. The van der Waals surface area contributed by atoms with Gasteiger partial charge in [0.15, 0.2) is 5.96 Å². The summed E-state index contributed by atoms with van der Waals surface area (Å²) in [5, 5.41) is 20.9. The second kappa shape index (κ2) is 19.0. The van der Waals surface area contributed by atoms with Crippen LogP contribution in [0.25, 0.3) is 0 Å². The smallest absolute Gasteiger partial charge is 0.862 e. The van der Waals surface area contributed by atoms with Crippen LogP contribution in [0.1, 0.15) is 84.0 Å². The molecule has 0 amide bonds. The first kappa shape index (κ1) is 27.4. The van der Waals surface area contributed by atoms with Gasteiger partial charge in [0, 0.05) is 6.54 Å². The van der Waals surface area contributed by atoms with Crippen LogP contribution >= 0.6 is 0 Å². The Morgan fingerprint density at radius 1 is 1.00 bits per heavy atom. The predicted octanol–water partition coefficient (Wildman–Crippen LogP) is -0.823. The molecule has 5 N–H and O–H groups in total. The summed E-state index contributed by atoms with van der Waals surface area (Å²) in [5.74, 6) is -1.42. The molecule has 0 aliphatic heterocycles. The van der Waals surface area contributed by atoms with E-state index < -0.39 is 12.0 Å². The van der Waals surface area contributed by atoms with E-state index in [2.05, 4.69) is 16.9 Å². The number of aliphatic carboxylic acids is 1. The van der Waals surface area contributed by atoms with Crippen molar-refractivity contribution in [2.75, 3.05) is 6.54 Å². The average molecular weight is 378 g/mol. The van der Waals surface area contributed by atoms with Gasteiger partial charge in [-0.2, -0.15) is 0 Å². The molecule has 0 aliphatic rings. The third kappa shape index (κ3) is 18.0. The van der Waals surface area contributed by atoms with Gasteiger partial charge >= 0.3 is 35.5 Å². The molecule has 1 atom stereocenters. The van der Waals surface area contributed by atoms with Gasteiger partial charge in [-0.15, -0.1) is 0 Å². The van der Waals surface area contributed by atoms with E-state index in [1.807, 2.05) is 0 Å². The fourth-order valence-corrected chi connectivity index (χ4v) is 2.56. The Kier molecular flexibility index (Phi) is 20.0. The van der Waals surface area contributed by atoms with E-state index in [9.17, 15) is 9.90 Å². The first-order valence-electron chi connectivity index (χ1n) is 9.49. The van der Waals surface area contributed by atoms with Crippen LogP contribution in [-0.4, -0.2) is 35.5 Å². The van der Waals surface area contributed by atoms with Crippen molar-refractivity contribution in [3.05, 3.63) is 0 Å². The molecule has 8 heteroatoms. The summed E-state index contributed by atoms with van der Waals surface area (Å²) in [7, 11) is 0. The zero-order chi connectivity index (χ0) is 18.9. The van der Waals surface area contributed by atoms with Gasteiger partial charge in [-0.3, -0.25) is 9.98 Å². The van der Waals surface area contributed by atoms with Crippen molar-refractivity contribution in [3.63, 3.8) is 0 Å². The molecule has 0 aromatic rings. The Hall–Kier alpha value is -0.790. The van der Waals surface area contributed by atoms with Crippen molar-refractivity contribution >= 4 is 17.8 Å². The number of hydrogen-bond donors (Lipinski definition) is 3. The van der Waals surface area contributed by atoms with Gasteiger partial charge in [0.1, 0.15) is 6.04 Å². The molecule has 26 heavy (non-hydrogen) atoms. The number of rotatable bonds is 16. The summed E-state index contributed by atoms with van der Waals surface area (Å²) >= 11 is 0. The number of nitrogens with two attached hydrogens (primary N) is 2.